The van der Waals surface area contributed by atoms with Gasteiger partial charge in [0.2, 0.25) is 0 Å². The fourth-order valence-electron chi connectivity index (χ4n) is 5.73. The Labute approximate surface area is 250 Å². The number of thiazole rings is 1. The maximum absolute atomic E-state index is 14.0. The number of methoxy groups -OCH3 is 1. The van der Waals surface area contributed by atoms with E-state index >= 15 is 0 Å². The fourth-order valence-corrected chi connectivity index (χ4v) is 6.73. The summed E-state index contributed by atoms with van der Waals surface area (Å²) in [6.45, 7) is 0. The largest absolute Gasteiger partial charge is 0.497 e. The molecule has 0 spiro atoms. The van der Waals surface area contributed by atoms with Crippen LogP contribution >= 0.6 is 11.3 Å². The number of aromatic nitrogens is 1. The molecule has 7 heteroatoms. The fraction of sp³-hybridized carbons (Fsp3) is 0.257. The van der Waals surface area contributed by atoms with Crippen molar-refractivity contribution in [3.8, 4) is 5.75 Å². The van der Waals surface area contributed by atoms with Crippen molar-refractivity contribution >= 4 is 34.9 Å². The van der Waals surface area contributed by atoms with Crippen LogP contribution < -0.4 is 29.4 Å². The number of fused-ring (bicyclic) bond motifs is 1. The predicted molar refractivity (Wildman–Crippen MR) is 174 cm³/mol. The first-order valence-electron chi connectivity index (χ1n) is 14.3. The number of nitrogens with zero attached hydrogens (tertiary/aromatic N) is 4. The van der Waals surface area contributed by atoms with Gasteiger partial charge < -0.3 is 14.5 Å². The second kappa shape index (κ2) is 11.5. The van der Waals surface area contributed by atoms with Crippen molar-refractivity contribution in [3.63, 3.8) is 0 Å². The van der Waals surface area contributed by atoms with Crippen molar-refractivity contribution in [2.24, 2.45) is 4.99 Å². The first-order valence-corrected chi connectivity index (χ1v) is 15.1. The second-order valence-corrected chi connectivity index (χ2v) is 12.2. The summed E-state index contributed by atoms with van der Waals surface area (Å²) in [6.07, 6.45) is 7.14. The van der Waals surface area contributed by atoms with Crippen LogP contribution in [0.15, 0.2) is 99.4 Å². The Bertz CT molecular complexity index is 1840. The first kappa shape index (κ1) is 27.8. The topological polar surface area (TPSA) is 50.1 Å². The lowest BCUT2D eigenvalue weighted by Gasteiger charge is -2.31. The third-order valence-corrected chi connectivity index (χ3v) is 9.01. The summed E-state index contributed by atoms with van der Waals surface area (Å²) >= 11 is 1.46. The molecule has 6 rings (SSSR count). The number of rotatable bonds is 6. The lowest BCUT2D eigenvalue weighted by molar-refractivity contribution is 0.415. The van der Waals surface area contributed by atoms with E-state index in [1.165, 1.54) is 28.2 Å². The molecule has 0 N–H and O–H groups in total. The number of hydrogen-bond donors (Lipinski definition) is 0. The molecule has 214 valence electrons. The molecule has 0 amide bonds. The smallest absolute Gasteiger partial charge is 0.271 e. The predicted octanol–water partition coefficient (Wildman–Crippen LogP) is 5.62. The van der Waals surface area contributed by atoms with Crippen LogP contribution in [0.1, 0.15) is 42.0 Å². The van der Waals surface area contributed by atoms with Crippen molar-refractivity contribution in [3.05, 3.63) is 126 Å². The van der Waals surface area contributed by atoms with Gasteiger partial charge in [0.15, 0.2) is 4.80 Å². The molecule has 42 heavy (non-hydrogen) atoms. The van der Waals surface area contributed by atoms with E-state index in [0.717, 1.165) is 57.9 Å². The maximum atomic E-state index is 14.0. The molecule has 1 aromatic heterocycles. The Hall–Kier alpha value is -4.36. The molecule has 4 aromatic rings. The van der Waals surface area contributed by atoms with Gasteiger partial charge in [-0.1, -0.05) is 47.7 Å². The molecule has 0 radical (unpaired) electrons. The quantitative estimate of drug-likeness (QED) is 0.299. The Kier molecular flexibility index (Phi) is 7.60. The van der Waals surface area contributed by atoms with E-state index in [4.69, 9.17) is 9.73 Å². The number of allylic oxidation sites excluding steroid dienone is 2. The van der Waals surface area contributed by atoms with E-state index in [-0.39, 0.29) is 11.6 Å². The third-order valence-electron chi connectivity index (χ3n) is 8.02. The van der Waals surface area contributed by atoms with Gasteiger partial charge in [-0.15, -0.1) is 0 Å². The first-order chi connectivity index (χ1) is 20.3. The molecular formula is C35H36N4O2S. The van der Waals surface area contributed by atoms with Crippen LogP contribution in [0.5, 0.6) is 5.75 Å². The van der Waals surface area contributed by atoms with Gasteiger partial charge in [0.1, 0.15) is 5.75 Å². The van der Waals surface area contributed by atoms with Gasteiger partial charge in [-0.25, -0.2) is 4.99 Å². The number of ether oxygens (including phenoxy) is 1. The van der Waals surface area contributed by atoms with Gasteiger partial charge in [-0.05, 0) is 95.6 Å². The lowest BCUT2D eigenvalue weighted by Crippen LogP contribution is -2.39. The number of benzene rings is 3. The monoisotopic (exact) mass is 576 g/mol. The van der Waals surface area contributed by atoms with E-state index in [1.54, 1.807) is 7.11 Å². The minimum Gasteiger partial charge on any atom is -0.497 e. The highest BCUT2D eigenvalue weighted by Crippen LogP contribution is 2.41. The minimum atomic E-state index is -0.190. The summed E-state index contributed by atoms with van der Waals surface area (Å²) in [4.78, 5) is 24.2. The van der Waals surface area contributed by atoms with E-state index in [9.17, 15) is 4.79 Å². The van der Waals surface area contributed by atoms with Crippen molar-refractivity contribution in [2.45, 2.75) is 25.3 Å². The average molecular weight is 577 g/mol. The molecule has 0 saturated heterocycles. The van der Waals surface area contributed by atoms with Crippen molar-refractivity contribution in [1.82, 2.24) is 4.57 Å². The highest BCUT2D eigenvalue weighted by Gasteiger charge is 2.32. The zero-order valence-electron chi connectivity index (χ0n) is 24.8. The summed E-state index contributed by atoms with van der Waals surface area (Å²) < 4.78 is 7.90. The van der Waals surface area contributed by atoms with Crippen LogP contribution in [0, 0.1) is 0 Å². The minimum absolute atomic E-state index is 0.00168. The molecule has 1 aliphatic heterocycles. The highest BCUT2D eigenvalue weighted by atomic mass is 32.1. The second-order valence-electron chi connectivity index (χ2n) is 11.2. The molecule has 1 atom stereocenters. The zero-order valence-corrected chi connectivity index (χ0v) is 25.6. The summed E-state index contributed by atoms with van der Waals surface area (Å²) in [5.41, 5.74) is 9.02. The standard InChI is InChI=1S/C35H36N4O2S/c1-37(2)27-15-9-23(10-16-27)21-26-7-6-8-30-32(26)36-35-39(33(30)25-13-17-28(18-14-25)38(3)4)34(40)31(42-35)22-24-11-19-29(41-5)20-12-24/h9-22,33H,6-8H2,1-5H3. The average Bonchev–Trinajstić information content (AvgIpc) is 3.31. The van der Waals surface area contributed by atoms with Gasteiger partial charge in [0.05, 0.1) is 23.4 Å². The van der Waals surface area contributed by atoms with Crippen molar-refractivity contribution < 1.29 is 4.74 Å². The van der Waals surface area contributed by atoms with Gasteiger partial charge in [-0.2, -0.15) is 0 Å². The van der Waals surface area contributed by atoms with Gasteiger partial charge in [0, 0.05) is 39.6 Å². The summed E-state index contributed by atoms with van der Waals surface area (Å²) in [7, 11) is 9.85. The molecule has 0 fully saturated rings. The van der Waals surface area contributed by atoms with E-state index in [2.05, 4.69) is 78.5 Å². The van der Waals surface area contributed by atoms with E-state index in [0.29, 0.717) is 4.53 Å². The number of anilines is 2. The van der Waals surface area contributed by atoms with Gasteiger partial charge in [0.25, 0.3) is 5.56 Å². The summed E-state index contributed by atoms with van der Waals surface area (Å²) in [6, 6.07) is 24.8. The summed E-state index contributed by atoms with van der Waals surface area (Å²) in [5.74, 6) is 0.790. The SMILES string of the molecule is COc1ccc(C=c2sc3n(c2=O)C(c2ccc(N(C)C)cc2)C2=C(N=3)C(=Cc3ccc(N(C)C)cc3)CCC2)cc1. The molecule has 2 heterocycles. The molecule has 3 aromatic carbocycles. The van der Waals surface area contributed by atoms with Crippen molar-refractivity contribution in [1.29, 1.82) is 0 Å². The maximum Gasteiger partial charge on any atom is 0.271 e. The molecule has 1 unspecified atom stereocenters. The Morgan fingerprint density at radius 2 is 1.43 bits per heavy atom. The summed E-state index contributed by atoms with van der Waals surface area (Å²) in [5, 5.41) is 0. The Morgan fingerprint density at radius 3 is 2.05 bits per heavy atom. The molecule has 1 aliphatic carbocycles. The van der Waals surface area contributed by atoms with Crippen LogP contribution in [-0.2, 0) is 0 Å². The number of hydrogen-bond acceptors (Lipinski definition) is 6. The molecule has 0 saturated carbocycles. The normalized spacial score (nSPS) is 17.5. The van der Waals surface area contributed by atoms with Crippen LogP contribution in [0.4, 0.5) is 11.4 Å². The molecular weight excluding hydrogens is 540 g/mol. The highest BCUT2D eigenvalue weighted by molar-refractivity contribution is 7.07. The zero-order chi connectivity index (χ0) is 29.4. The Balaban J connectivity index is 1.52. The third kappa shape index (κ3) is 5.32. The Morgan fingerprint density at radius 1 is 0.833 bits per heavy atom. The van der Waals surface area contributed by atoms with Crippen LogP contribution in [0.25, 0.3) is 12.2 Å². The lowest BCUT2D eigenvalue weighted by atomic mass is 9.83. The van der Waals surface area contributed by atoms with Crippen molar-refractivity contribution in [2.75, 3.05) is 45.1 Å². The molecule has 6 nitrogen and oxygen atoms in total. The van der Waals surface area contributed by atoms with E-state index in [1.807, 2.05) is 49.0 Å². The van der Waals surface area contributed by atoms with Gasteiger partial charge >= 0.3 is 0 Å². The van der Waals surface area contributed by atoms with E-state index < -0.39 is 0 Å². The van der Waals surface area contributed by atoms with Crippen LogP contribution in [-0.4, -0.2) is 39.9 Å². The van der Waals surface area contributed by atoms with Crippen LogP contribution in [0.3, 0.4) is 0 Å². The van der Waals surface area contributed by atoms with Crippen LogP contribution in [0.2, 0.25) is 0 Å². The molecule has 2 aliphatic rings. The van der Waals surface area contributed by atoms with Gasteiger partial charge in [-0.3, -0.25) is 9.36 Å². The molecule has 0 bridgehead atoms.